The van der Waals surface area contributed by atoms with E-state index >= 15 is 0 Å². The van der Waals surface area contributed by atoms with Crippen LogP contribution >= 0.6 is 0 Å². The summed E-state index contributed by atoms with van der Waals surface area (Å²) in [5, 5.41) is 5.61. The van der Waals surface area contributed by atoms with Crippen LogP contribution in [0.15, 0.2) is 18.2 Å². The van der Waals surface area contributed by atoms with Gasteiger partial charge in [0.2, 0.25) is 11.8 Å². The maximum atomic E-state index is 12.9. The molecule has 2 N–H and O–H groups in total. The number of hydrogen-bond donors (Lipinski definition) is 2. The zero-order chi connectivity index (χ0) is 21.3. The topological polar surface area (TPSA) is 76.7 Å². The number of halogens is 2. The molecule has 4 aliphatic carbocycles. The van der Waals surface area contributed by atoms with Gasteiger partial charge in [-0.05, 0) is 68.4 Å². The zero-order valence-corrected chi connectivity index (χ0v) is 17.1. The van der Waals surface area contributed by atoms with Crippen LogP contribution in [0.5, 0.6) is 11.5 Å². The molecule has 4 fully saturated rings. The molecule has 0 aliphatic heterocycles. The number of amides is 2. The van der Waals surface area contributed by atoms with Crippen LogP contribution in [0.25, 0.3) is 0 Å². The quantitative estimate of drug-likeness (QED) is 0.665. The van der Waals surface area contributed by atoms with E-state index in [9.17, 15) is 18.4 Å². The van der Waals surface area contributed by atoms with Gasteiger partial charge in [0.25, 0.3) is 0 Å². The minimum absolute atomic E-state index is 0.0893. The van der Waals surface area contributed by atoms with Gasteiger partial charge in [-0.1, -0.05) is 0 Å². The standard InChI is InChI=1S/C22H28F2N2O4/c1-29-17-3-2-16(9-18(17)30-21(23)24)26-19(27)4-5-25-20(28)22-10-13-6-14(11-22)8-15(7-13)12-22/h2-3,9,13-15,21H,4-8,10-12H2,1H3,(H,25,28)(H,26,27). The monoisotopic (exact) mass is 422 g/mol. The van der Waals surface area contributed by atoms with Crippen molar-refractivity contribution in [2.24, 2.45) is 23.2 Å². The van der Waals surface area contributed by atoms with Crippen molar-refractivity contribution in [2.45, 2.75) is 51.6 Å². The van der Waals surface area contributed by atoms with Crippen LogP contribution in [0.2, 0.25) is 0 Å². The van der Waals surface area contributed by atoms with Crippen molar-refractivity contribution in [1.29, 1.82) is 0 Å². The molecule has 1 aromatic carbocycles. The third kappa shape index (κ3) is 4.37. The van der Waals surface area contributed by atoms with Gasteiger partial charge in [0.05, 0.1) is 7.11 Å². The number of rotatable bonds is 8. The Morgan fingerprint density at radius 1 is 1.10 bits per heavy atom. The molecule has 2 amide bonds. The summed E-state index contributed by atoms with van der Waals surface area (Å²) in [6, 6.07) is 4.28. The van der Waals surface area contributed by atoms with E-state index in [1.165, 1.54) is 38.5 Å². The van der Waals surface area contributed by atoms with Gasteiger partial charge in [-0.15, -0.1) is 0 Å². The van der Waals surface area contributed by atoms with Gasteiger partial charge in [-0.2, -0.15) is 8.78 Å². The molecule has 0 atom stereocenters. The Kier molecular flexibility index (Phi) is 5.84. The summed E-state index contributed by atoms with van der Waals surface area (Å²) in [5.74, 6) is 1.83. The molecular formula is C22H28F2N2O4. The van der Waals surface area contributed by atoms with E-state index in [1.807, 2.05) is 0 Å². The second-order valence-electron chi connectivity index (χ2n) is 9.00. The minimum Gasteiger partial charge on any atom is -0.493 e. The van der Waals surface area contributed by atoms with Crippen LogP contribution < -0.4 is 20.1 Å². The molecule has 0 radical (unpaired) electrons. The minimum atomic E-state index is -3.00. The van der Waals surface area contributed by atoms with Crippen molar-refractivity contribution in [3.63, 3.8) is 0 Å². The van der Waals surface area contributed by atoms with Gasteiger partial charge in [0, 0.05) is 30.1 Å². The fraction of sp³-hybridized carbons (Fsp3) is 0.636. The predicted molar refractivity (Wildman–Crippen MR) is 106 cm³/mol. The Bertz CT molecular complexity index is 779. The zero-order valence-electron chi connectivity index (χ0n) is 17.1. The molecule has 1 aromatic rings. The smallest absolute Gasteiger partial charge is 0.387 e. The Morgan fingerprint density at radius 2 is 1.73 bits per heavy atom. The van der Waals surface area contributed by atoms with Crippen LogP contribution in [0.3, 0.4) is 0 Å². The largest absolute Gasteiger partial charge is 0.493 e. The first-order valence-electron chi connectivity index (χ1n) is 10.6. The highest BCUT2D eigenvalue weighted by Crippen LogP contribution is 2.60. The molecule has 30 heavy (non-hydrogen) atoms. The second-order valence-corrected chi connectivity index (χ2v) is 9.00. The Labute approximate surface area is 174 Å². The van der Waals surface area contributed by atoms with Gasteiger partial charge < -0.3 is 20.1 Å². The van der Waals surface area contributed by atoms with E-state index in [0.717, 1.165) is 19.3 Å². The summed E-state index contributed by atoms with van der Waals surface area (Å²) >= 11 is 0. The lowest BCUT2D eigenvalue weighted by molar-refractivity contribution is -0.146. The third-order valence-electron chi connectivity index (χ3n) is 6.82. The summed E-state index contributed by atoms with van der Waals surface area (Å²) in [5.41, 5.74) is 0.0896. The van der Waals surface area contributed by atoms with Crippen molar-refractivity contribution < 1.29 is 27.8 Å². The van der Waals surface area contributed by atoms with Gasteiger partial charge in [-0.25, -0.2) is 0 Å². The summed E-state index contributed by atoms with van der Waals surface area (Å²) in [6.45, 7) is -2.74. The number of nitrogens with one attached hydrogen (secondary N) is 2. The van der Waals surface area contributed by atoms with Gasteiger partial charge in [0.1, 0.15) is 0 Å². The molecule has 0 spiro atoms. The van der Waals surface area contributed by atoms with E-state index in [2.05, 4.69) is 15.4 Å². The lowest BCUT2D eigenvalue weighted by atomic mass is 9.49. The molecule has 6 nitrogen and oxygen atoms in total. The highest BCUT2D eigenvalue weighted by Gasteiger charge is 2.54. The lowest BCUT2D eigenvalue weighted by Crippen LogP contribution is -2.53. The molecule has 4 bridgehead atoms. The van der Waals surface area contributed by atoms with Crippen molar-refractivity contribution in [2.75, 3.05) is 19.0 Å². The first kappa shape index (κ1) is 20.9. The molecule has 5 rings (SSSR count). The van der Waals surface area contributed by atoms with Gasteiger partial charge in [0.15, 0.2) is 11.5 Å². The molecule has 0 heterocycles. The molecule has 164 valence electrons. The lowest BCUT2D eigenvalue weighted by Gasteiger charge is -2.55. The first-order valence-corrected chi connectivity index (χ1v) is 10.6. The predicted octanol–water partition coefficient (Wildman–Crippen LogP) is 3.96. The molecule has 0 aromatic heterocycles. The van der Waals surface area contributed by atoms with Gasteiger partial charge >= 0.3 is 6.61 Å². The highest BCUT2D eigenvalue weighted by molar-refractivity contribution is 5.91. The fourth-order valence-corrected chi connectivity index (χ4v) is 6.03. The number of benzene rings is 1. The SMILES string of the molecule is COc1ccc(NC(=O)CCNC(=O)C23CC4CC(CC(C4)C2)C3)cc1OC(F)F. The molecular weight excluding hydrogens is 394 g/mol. The van der Waals surface area contributed by atoms with Crippen molar-refractivity contribution in [1.82, 2.24) is 5.32 Å². The summed E-state index contributed by atoms with van der Waals surface area (Å²) in [4.78, 5) is 25.2. The third-order valence-corrected chi connectivity index (χ3v) is 6.82. The number of hydrogen-bond acceptors (Lipinski definition) is 4. The maximum absolute atomic E-state index is 12.9. The number of ether oxygens (including phenoxy) is 2. The molecule has 4 saturated carbocycles. The summed E-state index contributed by atoms with van der Waals surface area (Å²) in [7, 11) is 1.35. The number of alkyl halides is 2. The Hall–Kier alpha value is -2.38. The molecule has 0 unspecified atom stereocenters. The number of anilines is 1. The Morgan fingerprint density at radius 3 is 2.30 bits per heavy atom. The highest BCUT2D eigenvalue weighted by atomic mass is 19.3. The summed E-state index contributed by atoms with van der Waals surface area (Å²) in [6.07, 6.45) is 6.87. The van der Waals surface area contributed by atoms with E-state index in [4.69, 9.17) is 4.74 Å². The van der Waals surface area contributed by atoms with Crippen LogP contribution in [-0.2, 0) is 9.59 Å². The number of carbonyl (C=O) groups is 2. The van der Waals surface area contributed by atoms with E-state index in [1.54, 1.807) is 6.07 Å². The van der Waals surface area contributed by atoms with Crippen LogP contribution in [0.4, 0.5) is 14.5 Å². The molecule has 0 saturated heterocycles. The van der Waals surface area contributed by atoms with E-state index < -0.39 is 6.61 Å². The molecule has 8 heteroatoms. The van der Waals surface area contributed by atoms with E-state index in [-0.39, 0.29) is 41.7 Å². The van der Waals surface area contributed by atoms with Crippen LogP contribution in [0.1, 0.15) is 44.9 Å². The maximum Gasteiger partial charge on any atom is 0.387 e. The van der Waals surface area contributed by atoms with Gasteiger partial charge in [-0.3, -0.25) is 9.59 Å². The summed E-state index contributed by atoms with van der Waals surface area (Å²) < 4.78 is 34.5. The average molecular weight is 422 g/mol. The van der Waals surface area contributed by atoms with Crippen LogP contribution in [0, 0.1) is 23.2 Å². The van der Waals surface area contributed by atoms with Crippen molar-refractivity contribution >= 4 is 17.5 Å². The van der Waals surface area contributed by atoms with E-state index in [0.29, 0.717) is 23.4 Å². The fourth-order valence-electron chi connectivity index (χ4n) is 6.03. The normalized spacial score (nSPS) is 29.0. The number of methoxy groups -OCH3 is 1. The van der Waals surface area contributed by atoms with Crippen LogP contribution in [-0.4, -0.2) is 32.1 Å². The van der Waals surface area contributed by atoms with Crippen molar-refractivity contribution in [3.05, 3.63) is 18.2 Å². The molecule has 4 aliphatic rings. The first-order chi connectivity index (χ1) is 14.4. The number of carbonyl (C=O) groups excluding carboxylic acids is 2. The Balaban J connectivity index is 1.28. The second kappa shape index (κ2) is 8.40. The van der Waals surface area contributed by atoms with Crippen molar-refractivity contribution in [3.8, 4) is 11.5 Å². The average Bonchev–Trinajstić information content (AvgIpc) is 2.66.